The van der Waals surface area contributed by atoms with Gasteiger partial charge in [0.2, 0.25) is 0 Å². The van der Waals surface area contributed by atoms with E-state index < -0.39 is 0 Å². The first-order valence-electron chi connectivity index (χ1n) is 7.17. The van der Waals surface area contributed by atoms with Crippen LogP contribution in [-0.4, -0.2) is 30.3 Å². The largest absolute Gasteiger partial charge is 0.391 e. The normalized spacial score (nSPS) is 23.7. The topological polar surface area (TPSA) is 35.5 Å². The fraction of sp³-hybridized carbons (Fsp3) is 0.600. The van der Waals surface area contributed by atoms with Crippen LogP contribution in [0.25, 0.3) is 0 Å². The number of halogens is 1. The van der Waals surface area contributed by atoms with Gasteiger partial charge in [0.25, 0.3) is 0 Å². The van der Waals surface area contributed by atoms with Gasteiger partial charge in [0, 0.05) is 36.4 Å². The number of rotatable bonds is 4. The van der Waals surface area contributed by atoms with Crippen LogP contribution in [0.5, 0.6) is 0 Å². The lowest BCUT2D eigenvalue weighted by atomic mass is 10.1. The zero-order valence-corrected chi connectivity index (χ0v) is 11.9. The van der Waals surface area contributed by atoms with Crippen LogP contribution in [0.1, 0.15) is 31.2 Å². The number of piperidine rings is 1. The maximum Gasteiger partial charge on any atom is 0.0715 e. The van der Waals surface area contributed by atoms with Crippen molar-refractivity contribution in [1.82, 2.24) is 5.32 Å². The SMILES string of the molecule is OC1CCCN(c2ccc(CNC3CC3)c(Cl)c2)C1. The highest BCUT2D eigenvalue weighted by Crippen LogP contribution is 2.27. The van der Waals surface area contributed by atoms with E-state index in [1.807, 2.05) is 6.07 Å². The molecule has 2 fully saturated rings. The lowest BCUT2D eigenvalue weighted by Crippen LogP contribution is -2.38. The Hall–Kier alpha value is -0.770. The van der Waals surface area contributed by atoms with Crippen LogP contribution in [0.15, 0.2) is 18.2 Å². The molecule has 4 heteroatoms. The number of benzene rings is 1. The maximum absolute atomic E-state index is 9.73. The Morgan fingerprint density at radius 2 is 2.16 bits per heavy atom. The summed E-state index contributed by atoms with van der Waals surface area (Å²) in [4.78, 5) is 2.22. The molecule has 1 atom stereocenters. The monoisotopic (exact) mass is 280 g/mol. The van der Waals surface area contributed by atoms with Gasteiger partial charge in [-0.05, 0) is 43.4 Å². The second kappa shape index (κ2) is 5.70. The molecule has 1 saturated heterocycles. The minimum Gasteiger partial charge on any atom is -0.391 e. The smallest absolute Gasteiger partial charge is 0.0715 e. The number of nitrogens with zero attached hydrogens (tertiary/aromatic N) is 1. The van der Waals surface area contributed by atoms with Crippen LogP contribution in [0.2, 0.25) is 5.02 Å². The van der Waals surface area contributed by atoms with Gasteiger partial charge in [-0.3, -0.25) is 0 Å². The minimum atomic E-state index is -0.205. The van der Waals surface area contributed by atoms with Gasteiger partial charge in [0.05, 0.1) is 6.10 Å². The van der Waals surface area contributed by atoms with Crippen LogP contribution in [0.4, 0.5) is 5.69 Å². The highest BCUT2D eigenvalue weighted by atomic mass is 35.5. The molecule has 2 N–H and O–H groups in total. The van der Waals surface area contributed by atoms with E-state index in [2.05, 4.69) is 22.3 Å². The zero-order chi connectivity index (χ0) is 13.2. The molecular formula is C15H21ClN2O. The number of anilines is 1. The van der Waals surface area contributed by atoms with Crippen molar-refractivity contribution in [3.63, 3.8) is 0 Å². The van der Waals surface area contributed by atoms with Crippen molar-refractivity contribution in [1.29, 1.82) is 0 Å². The van der Waals surface area contributed by atoms with E-state index in [9.17, 15) is 5.11 Å². The van der Waals surface area contributed by atoms with E-state index >= 15 is 0 Å². The third-order valence-corrected chi connectivity index (χ3v) is 4.31. The molecule has 0 radical (unpaired) electrons. The van der Waals surface area contributed by atoms with E-state index in [0.717, 1.165) is 48.7 Å². The van der Waals surface area contributed by atoms with Crippen LogP contribution < -0.4 is 10.2 Å². The van der Waals surface area contributed by atoms with Crippen LogP contribution in [-0.2, 0) is 6.54 Å². The third kappa shape index (κ3) is 3.41. The van der Waals surface area contributed by atoms with Gasteiger partial charge in [0.1, 0.15) is 0 Å². The summed E-state index contributed by atoms with van der Waals surface area (Å²) in [6, 6.07) is 6.96. The first kappa shape index (κ1) is 13.2. The van der Waals surface area contributed by atoms with E-state index in [1.165, 1.54) is 12.8 Å². The Balaban J connectivity index is 1.67. The van der Waals surface area contributed by atoms with Crippen molar-refractivity contribution in [2.24, 2.45) is 0 Å². The number of nitrogens with one attached hydrogen (secondary N) is 1. The Labute approximate surface area is 119 Å². The van der Waals surface area contributed by atoms with Gasteiger partial charge in [-0.25, -0.2) is 0 Å². The first-order chi connectivity index (χ1) is 9.22. The highest BCUT2D eigenvalue weighted by molar-refractivity contribution is 6.31. The number of hydrogen-bond acceptors (Lipinski definition) is 3. The van der Waals surface area contributed by atoms with Crippen molar-refractivity contribution in [3.05, 3.63) is 28.8 Å². The lowest BCUT2D eigenvalue weighted by Gasteiger charge is -2.32. The average Bonchev–Trinajstić information content (AvgIpc) is 3.21. The van der Waals surface area contributed by atoms with Crippen LogP contribution in [0.3, 0.4) is 0 Å². The molecule has 2 aliphatic rings. The molecule has 1 aromatic rings. The standard InChI is InChI=1S/C15H21ClN2O/c16-15-8-13(18-7-1-2-14(19)10-18)6-3-11(15)9-17-12-4-5-12/h3,6,8,12,14,17,19H,1-2,4-5,7,9-10H2. The number of hydrogen-bond donors (Lipinski definition) is 2. The molecule has 1 heterocycles. The molecule has 19 heavy (non-hydrogen) atoms. The van der Waals surface area contributed by atoms with Crippen molar-refractivity contribution >= 4 is 17.3 Å². The van der Waals surface area contributed by atoms with Crippen LogP contribution >= 0.6 is 11.6 Å². The Morgan fingerprint density at radius 3 is 2.84 bits per heavy atom. The molecule has 1 unspecified atom stereocenters. The molecule has 1 aromatic carbocycles. The molecular weight excluding hydrogens is 260 g/mol. The summed E-state index contributed by atoms with van der Waals surface area (Å²) in [6.45, 7) is 2.58. The van der Waals surface area contributed by atoms with Gasteiger partial charge in [-0.1, -0.05) is 17.7 Å². The molecule has 1 aliphatic heterocycles. The van der Waals surface area contributed by atoms with Crippen molar-refractivity contribution in [2.45, 2.75) is 44.4 Å². The predicted octanol–water partition coefficient (Wildman–Crippen LogP) is 2.55. The summed E-state index contributed by atoms with van der Waals surface area (Å²) < 4.78 is 0. The highest BCUT2D eigenvalue weighted by Gasteiger charge is 2.21. The summed E-state index contributed by atoms with van der Waals surface area (Å²) in [6.07, 6.45) is 4.34. The van der Waals surface area contributed by atoms with Crippen molar-refractivity contribution < 1.29 is 5.11 Å². The van der Waals surface area contributed by atoms with Gasteiger partial charge in [0.15, 0.2) is 0 Å². The fourth-order valence-electron chi connectivity index (χ4n) is 2.61. The van der Waals surface area contributed by atoms with E-state index in [1.54, 1.807) is 0 Å². The lowest BCUT2D eigenvalue weighted by molar-refractivity contribution is 0.154. The molecule has 104 valence electrons. The Kier molecular flexibility index (Phi) is 3.96. The Bertz CT molecular complexity index is 448. The molecule has 0 spiro atoms. The third-order valence-electron chi connectivity index (χ3n) is 3.96. The van der Waals surface area contributed by atoms with E-state index in [0.29, 0.717) is 6.04 Å². The molecule has 0 amide bonds. The van der Waals surface area contributed by atoms with Crippen molar-refractivity contribution in [3.8, 4) is 0 Å². The predicted molar refractivity (Wildman–Crippen MR) is 78.8 cm³/mol. The van der Waals surface area contributed by atoms with E-state index in [4.69, 9.17) is 11.6 Å². The molecule has 0 bridgehead atoms. The average molecular weight is 281 g/mol. The fourth-order valence-corrected chi connectivity index (χ4v) is 2.85. The van der Waals surface area contributed by atoms with Gasteiger partial charge < -0.3 is 15.3 Å². The summed E-state index contributed by atoms with van der Waals surface area (Å²) in [5, 5.41) is 14.0. The van der Waals surface area contributed by atoms with Crippen molar-refractivity contribution in [2.75, 3.05) is 18.0 Å². The molecule has 1 saturated carbocycles. The van der Waals surface area contributed by atoms with Gasteiger partial charge in [-0.2, -0.15) is 0 Å². The summed E-state index contributed by atoms with van der Waals surface area (Å²) in [5.41, 5.74) is 2.29. The number of aliphatic hydroxyl groups is 1. The summed E-state index contributed by atoms with van der Waals surface area (Å²) in [5.74, 6) is 0. The van der Waals surface area contributed by atoms with E-state index in [-0.39, 0.29) is 6.10 Å². The Morgan fingerprint density at radius 1 is 1.32 bits per heavy atom. The van der Waals surface area contributed by atoms with Gasteiger partial charge in [-0.15, -0.1) is 0 Å². The number of aliphatic hydroxyl groups excluding tert-OH is 1. The second-order valence-corrected chi connectivity index (χ2v) is 6.08. The maximum atomic E-state index is 9.73. The van der Waals surface area contributed by atoms with Crippen LogP contribution in [0, 0.1) is 0 Å². The molecule has 3 nitrogen and oxygen atoms in total. The summed E-state index contributed by atoms with van der Waals surface area (Å²) >= 11 is 6.36. The zero-order valence-electron chi connectivity index (χ0n) is 11.1. The van der Waals surface area contributed by atoms with Gasteiger partial charge >= 0.3 is 0 Å². The first-order valence-corrected chi connectivity index (χ1v) is 7.55. The molecule has 0 aromatic heterocycles. The minimum absolute atomic E-state index is 0.205. The second-order valence-electron chi connectivity index (χ2n) is 5.67. The quantitative estimate of drug-likeness (QED) is 0.890. The summed E-state index contributed by atoms with van der Waals surface area (Å²) in [7, 11) is 0. The number of β-amino-alcohol motifs (C(OH)–C–C–N with tert-alkyl or cyclic N) is 1. The molecule has 1 aliphatic carbocycles. The molecule has 3 rings (SSSR count).